The quantitative estimate of drug-likeness (QED) is 0.915. The van der Waals surface area contributed by atoms with Crippen molar-refractivity contribution >= 4 is 45.6 Å². The van der Waals surface area contributed by atoms with E-state index >= 15 is 0 Å². The molecule has 1 unspecified atom stereocenters. The van der Waals surface area contributed by atoms with Crippen molar-refractivity contribution in [1.82, 2.24) is 4.31 Å². The molecule has 0 amide bonds. The average molecular weight is 346 g/mol. The predicted molar refractivity (Wildman–Crippen MR) is 79.7 cm³/mol. The molecule has 108 valence electrons. The highest BCUT2D eigenvalue weighted by atomic mass is 35.5. The third-order valence-corrected chi connectivity index (χ3v) is 5.78. The first-order valence-electron chi connectivity index (χ1n) is 5.64. The minimum absolute atomic E-state index is 0. The Morgan fingerprint density at radius 2 is 2.00 bits per heavy atom. The van der Waals surface area contributed by atoms with Crippen LogP contribution in [0.3, 0.4) is 0 Å². The first-order chi connectivity index (χ1) is 8.46. The highest BCUT2D eigenvalue weighted by Crippen LogP contribution is 2.29. The zero-order valence-corrected chi connectivity index (χ0v) is 13.2. The lowest BCUT2D eigenvalue weighted by Crippen LogP contribution is -2.39. The number of hydrogen-bond donors (Lipinski definition) is 1. The normalized spacial score (nSPS) is 20.3. The molecule has 1 aromatic carbocycles. The molecule has 4 nitrogen and oxygen atoms in total. The molecule has 1 fully saturated rings. The monoisotopic (exact) mass is 344 g/mol. The van der Waals surface area contributed by atoms with E-state index in [-0.39, 0.29) is 28.4 Å². The van der Waals surface area contributed by atoms with Gasteiger partial charge in [-0.25, -0.2) is 8.42 Å². The molecule has 2 rings (SSSR count). The molecule has 8 heteroatoms. The van der Waals surface area contributed by atoms with Crippen LogP contribution in [0.5, 0.6) is 0 Å². The van der Waals surface area contributed by atoms with Gasteiger partial charge in [0.2, 0.25) is 10.0 Å². The Morgan fingerprint density at radius 3 is 2.58 bits per heavy atom. The lowest BCUT2D eigenvalue weighted by atomic mass is 10.2. The maximum atomic E-state index is 12.4. The van der Waals surface area contributed by atoms with Gasteiger partial charge < -0.3 is 5.73 Å². The molecule has 0 radical (unpaired) electrons. The Kier molecular flexibility index (Phi) is 5.92. The lowest BCUT2D eigenvalue weighted by molar-refractivity contribution is 0.393. The van der Waals surface area contributed by atoms with E-state index in [9.17, 15) is 8.42 Å². The molecular weight excluding hydrogens is 331 g/mol. The molecule has 2 N–H and O–H groups in total. The van der Waals surface area contributed by atoms with E-state index in [1.165, 1.54) is 22.5 Å². The Morgan fingerprint density at radius 1 is 1.32 bits per heavy atom. The Labute approximate surface area is 129 Å². The molecule has 0 aromatic heterocycles. The van der Waals surface area contributed by atoms with E-state index < -0.39 is 10.0 Å². The molecule has 1 heterocycles. The number of hydrogen-bond acceptors (Lipinski definition) is 3. The summed E-state index contributed by atoms with van der Waals surface area (Å²) < 4.78 is 26.3. The fourth-order valence-corrected chi connectivity index (χ4v) is 4.23. The number of nitrogens with zero attached hydrogens (tertiary/aromatic N) is 1. The van der Waals surface area contributed by atoms with Crippen LogP contribution in [-0.4, -0.2) is 31.9 Å². The standard InChI is InChI=1S/C11H14Cl2N2O2S.ClH/c12-10-4-3-9(6-11(10)13)18(16,17)15-5-1-2-8(15)7-14;/h3-4,6,8H,1-2,5,7,14H2;1H. The highest BCUT2D eigenvalue weighted by Gasteiger charge is 2.34. The van der Waals surface area contributed by atoms with Gasteiger partial charge in [0, 0.05) is 19.1 Å². The van der Waals surface area contributed by atoms with Crippen molar-refractivity contribution in [3.8, 4) is 0 Å². The summed E-state index contributed by atoms with van der Waals surface area (Å²) in [5.74, 6) is 0. The second-order valence-electron chi connectivity index (χ2n) is 4.22. The molecular formula is C11H15Cl3N2O2S. The van der Waals surface area contributed by atoms with Gasteiger partial charge in [-0.15, -0.1) is 12.4 Å². The van der Waals surface area contributed by atoms with E-state index in [2.05, 4.69) is 0 Å². The second-order valence-corrected chi connectivity index (χ2v) is 6.93. The number of sulfonamides is 1. The molecule has 19 heavy (non-hydrogen) atoms. The largest absolute Gasteiger partial charge is 0.329 e. The number of nitrogens with two attached hydrogens (primary N) is 1. The number of halogens is 3. The topological polar surface area (TPSA) is 63.4 Å². The molecule has 1 saturated heterocycles. The van der Waals surface area contributed by atoms with Crippen LogP contribution in [0.2, 0.25) is 10.0 Å². The van der Waals surface area contributed by atoms with E-state index in [4.69, 9.17) is 28.9 Å². The summed E-state index contributed by atoms with van der Waals surface area (Å²) in [4.78, 5) is 0.164. The van der Waals surface area contributed by atoms with Crippen molar-refractivity contribution in [1.29, 1.82) is 0 Å². The molecule has 0 aliphatic carbocycles. The van der Waals surface area contributed by atoms with Crippen molar-refractivity contribution in [2.24, 2.45) is 5.73 Å². The van der Waals surface area contributed by atoms with Gasteiger partial charge in [-0.1, -0.05) is 23.2 Å². The maximum Gasteiger partial charge on any atom is 0.243 e. The van der Waals surface area contributed by atoms with Crippen LogP contribution in [-0.2, 0) is 10.0 Å². The minimum Gasteiger partial charge on any atom is -0.329 e. The Bertz CT molecular complexity index is 551. The summed E-state index contributed by atoms with van der Waals surface area (Å²) in [7, 11) is -3.53. The fourth-order valence-electron chi connectivity index (χ4n) is 2.13. The molecule has 0 spiro atoms. The summed E-state index contributed by atoms with van der Waals surface area (Å²) in [6, 6.07) is 4.22. The van der Waals surface area contributed by atoms with E-state index in [0.29, 0.717) is 18.1 Å². The van der Waals surface area contributed by atoms with Crippen LogP contribution in [0, 0.1) is 0 Å². The van der Waals surface area contributed by atoms with Gasteiger partial charge in [-0.2, -0.15) is 4.31 Å². The van der Waals surface area contributed by atoms with Crippen LogP contribution in [0.1, 0.15) is 12.8 Å². The second kappa shape index (κ2) is 6.61. The lowest BCUT2D eigenvalue weighted by Gasteiger charge is -2.22. The van der Waals surface area contributed by atoms with Crippen LogP contribution >= 0.6 is 35.6 Å². The summed E-state index contributed by atoms with van der Waals surface area (Å²) in [6.07, 6.45) is 1.64. The Balaban J connectivity index is 0.00000180. The third kappa shape index (κ3) is 3.35. The van der Waals surface area contributed by atoms with Gasteiger partial charge >= 0.3 is 0 Å². The molecule has 1 aromatic rings. The van der Waals surface area contributed by atoms with Gasteiger partial charge in [0.05, 0.1) is 14.9 Å². The van der Waals surface area contributed by atoms with E-state index in [1.807, 2.05) is 0 Å². The summed E-state index contributed by atoms with van der Waals surface area (Å²) in [6.45, 7) is 0.838. The van der Waals surface area contributed by atoms with Gasteiger partial charge in [0.15, 0.2) is 0 Å². The zero-order valence-electron chi connectivity index (χ0n) is 10.1. The van der Waals surface area contributed by atoms with Crippen LogP contribution in [0.25, 0.3) is 0 Å². The third-order valence-electron chi connectivity index (χ3n) is 3.09. The number of benzene rings is 1. The molecule has 1 atom stereocenters. The highest BCUT2D eigenvalue weighted by molar-refractivity contribution is 7.89. The molecule has 0 bridgehead atoms. The summed E-state index contributed by atoms with van der Waals surface area (Å²) >= 11 is 11.6. The van der Waals surface area contributed by atoms with Gasteiger partial charge in [0.1, 0.15) is 0 Å². The van der Waals surface area contributed by atoms with Crippen molar-refractivity contribution in [3.05, 3.63) is 28.2 Å². The average Bonchev–Trinajstić information content (AvgIpc) is 2.81. The first kappa shape index (κ1) is 17.0. The molecule has 1 aliphatic heterocycles. The van der Waals surface area contributed by atoms with Gasteiger partial charge in [0.25, 0.3) is 0 Å². The SMILES string of the molecule is Cl.NCC1CCCN1S(=O)(=O)c1ccc(Cl)c(Cl)c1. The number of rotatable bonds is 3. The summed E-state index contributed by atoms with van der Waals surface area (Å²) in [5, 5.41) is 0.577. The van der Waals surface area contributed by atoms with Crippen molar-refractivity contribution in [2.45, 2.75) is 23.8 Å². The summed E-state index contributed by atoms with van der Waals surface area (Å²) in [5.41, 5.74) is 5.60. The maximum absolute atomic E-state index is 12.4. The van der Waals surface area contributed by atoms with Crippen LogP contribution < -0.4 is 5.73 Å². The first-order valence-corrected chi connectivity index (χ1v) is 7.83. The van der Waals surface area contributed by atoms with Gasteiger partial charge in [-0.05, 0) is 31.0 Å². The van der Waals surface area contributed by atoms with Crippen LogP contribution in [0.15, 0.2) is 23.1 Å². The predicted octanol–water partition coefficient (Wildman–Crippen LogP) is 2.53. The van der Waals surface area contributed by atoms with E-state index in [1.54, 1.807) is 0 Å². The fraction of sp³-hybridized carbons (Fsp3) is 0.455. The minimum atomic E-state index is -3.53. The molecule has 0 saturated carbocycles. The van der Waals surface area contributed by atoms with Crippen molar-refractivity contribution in [3.63, 3.8) is 0 Å². The van der Waals surface area contributed by atoms with Crippen LogP contribution in [0.4, 0.5) is 0 Å². The van der Waals surface area contributed by atoms with Crippen molar-refractivity contribution < 1.29 is 8.42 Å². The van der Waals surface area contributed by atoms with E-state index in [0.717, 1.165) is 12.8 Å². The Hall–Kier alpha value is -0.0400. The smallest absolute Gasteiger partial charge is 0.243 e. The van der Waals surface area contributed by atoms with Crippen molar-refractivity contribution in [2.75, 3.05) is 13.1 Å². The molecule has 1 aliphatic rings. The van der Waals surface area contributed by atoms with Gasteiger partial charge in [-0.3, -0.25) is 0 Å². The zero-order chi connectivity index (χ0) is 13.3.